The number of nitrogens with two attached hydrogens (primary N) is 1. The number of aromatic nitrogens is 1. The number of pyridine rings is 1. The fourth-order valence-corrected chi connectivity index (χ4v) is 1.67. The molecule has 6 heteroatoms. The SMILES string of the molecule is C/C(=N\NC(N)=O)c1ccc(O)c2ncccc12. The van der Waals surface area contributed by atoms with Crippen LogP contribution in [0, 0.1) is 0 Å². The first-order valence-electron chi connectivity index (χ1n) is 5.26. The molecule has 0 radical (unpaired) electrons. The monoisotopic (exact) mass is 244 g/mol. The van der Waals surface area contributed by atoms with Crippen molar-refractivity contribution in [1.29, 1.82) is 0 Å². The Bertz CT molecular complexity index is 637. The summed E-state index contributed by atoms with van der Waals surface area (Å²) in [4.78, 5) is 14.7. The number of hydrogen-bond donors (Lipinski definition) is 3. The normalized spacial score (nSPS) is 11.5. The molecule has 0 saturated heterocycles. The predicted molar refractivity (Wildman–Crippen MR) is 68.3 cm³/mol. The number of fused-ring (bicyclic) bond motifs is 1. The van der Waals surface area contributed by atoms with E-state index in [2.05, 4.69) is 15.5 Å². The van der Waals surface area contributed by atoms with Crippen LogP contribution in [0.4, 0.5) is 4.79 Å². The van der Waals surface area contributed by atoms with Crippen LogP contribution >= 0.6 is 0 Å². The van der Waals surface area contributed by atoms with E-state index in [1.54, 1.807) is 25.3 Å². The van der Waals surface area contributed by atoms with Gasteiger partial charge in [0.1, 0.15) is 11.3 Å². The molecule has 0 aliphatic carbocycles. The number of phenolic OH excluding ortho intramolecular Hbond substituents is 1. The summed E-state index contributed by atoms with van der Waals surface area (Å²) >= 11 is 0. The molecule has 0 fully saturated rings. The molecule has 0 unspecified atom stereocenters. The Morgan fingerprint density at radius 3 is 2.94 bits per heavy atom. The molecule has 2 rings (SSSR count). The number of aromatic hydroxyl groups is 1. The van der Waals surface area contributed by atoms with Crippen LogP contribution in [0.5, 0.6) is 5.75 Å². The Morgan fingerprint density at radius 2 is 2.22 bits per heavy atom. The van der Waals surface area contributed by atoms with Gasteiger partial charge in [0.2, 0.25) is 0 Å². The molecular weight excluding hydrogens is 232 g/mol. The van der Waals surface area contributed by atoms with E-state index >= 15 is 0 Å². The zero-order chi connectivity index (χ0) is 13.1. The van der Waals surface area contributed by atoms with Gasteiger partial charge >= 0.3 is 6.03 Å². The van der Waals surface area contributed by atoms with Crippen molar-refractivity contribution in [3.05, 3.63) is 36.0 Å². The van der Waals surface area contributed by atoms with Gasteiger partial charge in [0.05, 0.1) is 5.71 Å². The highest BCUT2D eigenvalue weighted by atomic mass is 16.3. The lowest BCUT2D eigenvalue weighted by atomic mass is 10.0. The highest BCUT2D eigenvalue weighted by Crippen LogP contribution is 2.25. The summed E-state index contributed by atoms with van der Waals surface area (Å²) in [5.41, 5.74) is 8.95. The van der Waals surface area contributed by atoms with Gasteiger partial charge in [-0.15, -0.1) is 0 Å². The average Bonchev–Trinajstić information content (AvgIpc) is 2.37. The minimum Gasteiger partial charge on any atom is -0.506 e. The number of urea groups is 1. The zero-order valence-electron chi connectivity index (χ0n) is 9.71. The lowest BCUT2D eigenvalue weighted by molar-refractivity contribution is 0.249. The van der Waals surface area contributed by atoms with Gasteiger partial charge in [0.25, 0.3) is 0 Å². The van der Waals surface area contributed by atoms with Crippen molar-refractivity contribution < 1.29 is 9.90 Å². The third-order valence-corrected chi connectivity index (χ3v) is 2.47. The van der Waals surface area contributed by atoms with Gasteiger partial charge < -0.3 is 10.8 Å². The van der Waals surface area contributed by atoms with E-state index in [-0.39, 0.29) is 5.75 Å². The van der Waals surface area contributed by atoms with Crippen molar-refractivity contribution in [2.75, 3.05) is 0 Å². The van der Waals surface area contributed by atoms with Gasteiger partial charge in [-0.2, -0.15) is 5.10 Å². The molecule has 0 aliphatic heterocycles. The largest absolute Gasteiger partial charge is 0.506 e. The fraction of sp³-hybridized carbons (Fsp3) is 0.0833. The van der Waals surface area contributed by atoms with E-state index in [4.69, 9.17) is 5.73 Å². The fourth-order valence-electron chi connectivity index (χ4n) is 1.67. The summed E-state index contributed by atoms with van der Waals surface area (Å²) < 4.78 is 0. The first-order valence-corrected chi connectivity index (χ1v) is 5.26. The van der Waals surface area contributed by atoms with E-state index in [0.717, 1.165) is 10.9 Å². The minimum absolute atomic E-state index is 0.102. The lowest BCUT2D eigenvalue weighted by Crippen LogP contribution is -2.25. The maximum absolute atomic E-state index is 10.6. The summed E-state index contributed by atoms with van der Waals surface area (Å²) in [6, 6.07) is 6.10. The lowest BCUT2D eigenvalue weighted by Gasteiger charge is -2.07. The molecule has 2 amide bonds. The molecule has 18 heavy (non-hydrogen) atoms. The molecule has 4 N–H and O–H groups in total. The molecular formula is C12H12N4O2. The molecule has 92 valence electrons. The molecule has 0 bridgehead atoms. The topological polar surface area (TPSA) is 101 Å². The maximum atomic E-state index is 10.6. The number of phenols is 1. The number of hydrazone groups is 1. The van der Waals surface area contributed by atoms with Crippen LogP contribution in [0.1, 0.15) is 12.5 Å². The summed E-state index contributed by atoms with van der Waals surface area (Å²) in [7, 11) is 0. The second kappa shape index (κ2) is 4.70. The molecule has 0 spiro atoms. The van der Waals surface area contributed by atoms with Crippen molar-refractivity contribution in [3.63, 3.8) is 0 Å². The number of rotatable bonds is 2. The Hall–Kier alpha value is -2.63. The number of nitrogens with zero attached hydrogens (tertiary/aromatic N) is 2. The van der Waals surface area contributed by atoms with E-state index in [1.165, 1.54) is 6.07 Å². The molecule has 0 atom stereocenters. The predicted octanol–water partition coefficient (Wildman–Crippen LogP) is 1.33. The standard InChI is InChI=1S/C12H12N4O2/c1-7(15-16-12(13)18)8-4-5-10(17)11-9(8)3-2-6-14-11/h2-6,17H,1H3,(H3,13,16,18)/b15-7+. The van der Waals surface area contributed by atoms with Crippen LogP contribution in [0.2, 0.25) is 0 Å². The van der Waals surface area contributed by atoms with Crippen LogP contribution in [-0.2, 0) is 0 Å². The third-order valence-electron chi connectivity index (χ3n) is 2.47. The average molecular weight is 244 g/mol. The Labute approximate surface area is 103 Å². The van der Waals surface area contributed by atoms with Crippen molar-refractivity contribution in [2.45, 2.75) is 6.92 Å². The van der Waals surface area contributed by atoms with Crippen LogP contribution in [0.15, 0.2) is 35.6 Å². The number of primary amides is 1. The number of hydrogen-bond acceptors (Lipinski definition) is 4. The molecule has 1 aromatic carbocycles. The number of amides is 2. The van der Waals surface area contributed by atoms with Gasteiger partial charge in [-0.05, 0) is 25.1 Å². The molecule has 1 aromatic heterocycles. The van der Waals surface area contributed by atoms with E-state index < -0.39 is 6.03 Å². The van der Waals surface area contributed by atoms with Gasteiger partial charge in [0.15, 0.2) is 0 Å². The highest BCUT2D eigenvalue weighted by Gasteiger charge is 2.08. The summed E-state index contributed by atoms with van der Waals surface area (Å²) in [6.45, 7) is 1.73. The van der Waals surface area contributed by atoms with Crippen molar-refractivity contribution in [2.24, 2.45) is 10.8 Å². The minimum atomic E-state index is -0.726. The molecule has 0 aliphatic rings. The number of nitrogens with one attached hydrogen (secondary N) is 1. The van der Waals surface area contributed by atoms with Gasteiger partial charge in [-0.1, -0.05) is 6.07 Å². The van der Waals surface area contributed by atoms with Crippen molar-refractivity contribution >= 4 is 22.6 Å². The van der Waals surface area contributed by atoms with Crippen LogP contribution in [-0.4, -0.2) is 21.8 Å². The molecule has 6 nitrogen and oxygen atoms in total. The first kappa shape index (κ1) is 11.8. The first-order chi connectivity index (χ1) is 8.59. The van der Waals surface area contributed by atoms with Gasteiger partial charge in [0, 0.05) is 17.1 Å². The van der Waals surface area contributed by atoms with Gasteiger partial charge in [-0.25, -0.2) is 10.2 Å². The van der Waals surface area contributed by atoms with E-state index in [1.807, 2.05) is 6.07 Å². The van der Waals surface area contributed by atoms with Crippen LogP contribution < -0.4 is 11.2 Å². The Balaban J connectivity index is 2.55. The van der Waals surface area contributed by atoms with Crippen LogP contribution in [0.3, 0.4) is 0 Å². The summed E-state index contributed by atoms with van der Waals surface area (Å²) in [5, 5.41) is 14.3. The quantitative estimate of drug-likeness (QED) is 0.548. The van der Waals surface area contributed by atoms with Crippen LogP contribution in [0.25, 0.3) is 10.9 Å². The second-order valence-electron chi connectivity index (χ2n) is 3.71. The number of carbonyl (C=O) groups is 1. The van der Waals surface area contributed by atoms with Gasteiger partial charge in [-0.3, -0.25) is 4.98 Å². The molecule has 0 saturated carbocycles. The zero-order valence-corrected chi connectivity index (χ0v) is 9.71. The van der Waals surface area contributed by atoms with Crippen molar-refractivity contribution in [3.8, 4) is 5.75 Å². The summed E-state index contributed by atoms with van der Waals surface area (Å²) in [5.74, 6) is 0.102. The molecule has 2 aromatic rings. The number of carbonyl (C=O) groups excluding carboxylic acids is 1. The van der Waals surface area contributed by atoms with E-state index in [0.29, 0.717) is 11.2 Å². The van der Waals surface area contributed by atoms with E-state index in [9.17, 15) is 9.90 Å². The highest BCUT2D eigenvalue weighted by molar-refractivity contribution is 6.10. The Kier molecular flexibility index (Phi) is 3.09. The smallest absolute Gasteiger partial charge is 0.332 e. The van der Waals surface area contributed by atoms with Crippen molar-refractivity contribution in [1.82, 2.24) is 10.4 Å². The second-order valence-corrected chi connectivity index (χ2v) is 3.71. The summed E-state index contributed by atoms with van der Waals surface area (Å²) in [6.07, 6.45) is 1.60. The molecule has 1 heterocycles. The number of benzene rings is 1. The third kappa shape index (κ3) is 2.22. The Morgan fingerprint density at radius 1 is 1.44 bits per heavy atom. The maximum Gasteiger partial charge on any atom is 0.332 e.